The molecule has 1 aromatic heterocycles. The molecule has 9 heteroatoms. The number of thiophene rings is 1. The van der Waals surface area contributed by atoms with Gasteiger partial charge in [-0.05, 0) is 12.3 Å². The molecule has 0 saturated carbocycles. The molecule has 1 N–H and O–H groups in total. The molecule has 18 heavy (non-hydrogen) atoms. The van der Waals surface area contributed by atoms with Crippen LogP contribution in [-0.4, -0.2) is 31.7 Å². The van der Waals surface area contributed by atoms with E-state index in [1.54, 1.807) is 6.07 Å². The highest BCUT2D eigenvalue weighted by Gasteiger charge is 2.38. The lowest BCUT2D eigenvalue weighted by molar-refractivity contribution is -0.173. The minimum atomic E-state index is -4.94. The number of carbonyl (C=O) groups excluding carboxylic acids is 1. The Morgan fingerprint density at radius 1 is 1.61 bits per heavy atom. The molecule has 0 aromatic carbocycles. The molecule has 100 valence electrons. The van der Waals surface area contributed by atoms with E-state index in [1.165, 1.54) is 35.6 Å². The van der Waals surface area contributed by atoms with E-state index in [4.69, 9.17) is 4.74 Å². The monoisotopic (exact) mass is 298 g/mol. The first kappa shape index (κ1) is 14.8. The van der Waals surface area contributed by atoms with Gasteiger partial charge in [0.1, 0.15) is 0 Å². The van der Waals surface area contributed by atoms with Crippen molar-refractivity contribution in [1.29, 1.82) is 0 Å². The standard InChI is InChI=1S/C9H9F3N2O2S2/c1-16-7-5(3-6(17-2)18-7)4-13-14-8(15)9(10,11)12/h3-4H,1-2H3,(H,14,15). The van der Waals surface area contributed by atoms with Gasteiger partial charge in [-0.1, -0.05) is 11.3 Å². The first-order valence-corrected chi connectivity index (χ1v) is 6.54. The van der Waals surface area contributed by atoms with Crippen molar-refractivity contribution in [2.24, 2.45) is 5.10 Å². The number of nitrogens with zero attached hydrogens (tertiary/aromatic N) is 1. The van der Waals surface area contributed by atoms with Crippen molar-refractivity contribution < 1.29 is 22.7 Å². The second kappa shape index (κ2) is 6.10. The maximum Gasteiger partial charge on any atom is 0.473 e. The number of nitrogens with one attached hydrogen (secondary N) is 1. The molecule has 0 unspecified atom stereocenters. The fourth-order valence-electron chi connectivity index (χ4n) is 0.940. The summed E-state index contributed by atoms with van der Waals surface area (Å²) >= 11 is 2.81. The highest BCUT2D eigenvalue weighted by Crippen LogP contribution is 2.34. The van der Waals surface area contributed by atoms with Crippen LogP contribution in [0.25, 0.3) is 0 Å². The summed E-state index contributed by atoms with van der Waals surface area (Å²) in [5.74, 6) is -2.11. The lowest BCUT2D eigenvalue weighted by Gasteiger charge is -2.02. The second-order valence-electron chi connectivity index (χ2n) is 2.91. The van der Waals surface area contributed by atoms with E-state index in [0.717, 1.165) is 10.4 Å². The van der Waals surface area contributed by atoms with Gasteiger partial charge in [-0.15, -0.1) is 11.8 Å². The number of methoxy groups -OCH3 is 1. The van der Waals surface area contributed by atoms with Crippen LogP contribution in [0.3, 0.4) is 0 Å². The Labute approximate surface area is 109 Å². The summed E-state index contributed by atoms with van der Waals surface area (Å²) in [4.78, 5) is 10.5. The van der Waals surface area contributed by atoms with Crippen LogP contribution in [0.2, 0.25) is 0 Å². The third kappa shape index (κ3) is 3.91. The van der Waals surface area contributed by atoms with Crippen LogP contribution in [0.1, 0.15) is 5.56 Å². The lowest BCUT2D eigenvalue weighted by atomic mass is 10.4. The van der Waals surface area contributed by atoms with E-state index < -0.39 is 12.1 Å². The second-order valence-corrected chi connectivity index (χ2v) is 5.03. The van der Waals surface area contributed by atoms with Gasteiger partial charge in [-0.25, -0.2) is 5.43 Å². The minimum absolute atomic E-state index is 0.509. The molecule has 0 saturated heterocycles. The zero-order chi connectivity index (χ0) is 13.8. The number of carbonyl (C=O) groups is 1. The molecular formula is C9H9F3N2O2S2. The van der Waals surface area contributed by atoms with Crippen molar-refractivity contribution in [3.8, 4) is 5.06 Å². The van der Waals surface area contributed by atoms with Crippen molar-refractivity contribution in [2.45, 2.75) is 10.4 Å². The molecule has 1 rings (SSSR count). The third-order valence-corrected chi connectivity index (χ3v) is 3.89. The third-order valence-electron chi connectivity index (χ3n) is 1.72. The Morgan fingerprint density at radius 3 is 2.78 bits per heavy atom. The van der Waals surface area contributed by atoms with Crippen molar-refractivity contribution in [3.63, 3.8) is 0 Å². The fraction of sp³-hybridized carbons (Fsp3) is 0.333. The van der Waals surface area contributed by atoms with Crippen LogP contribution >= 0.6 is 23.1 Å². The number of hydrogen-bond donors (Lipinski definition) is 1. The van der Waals surface area contributed by atoms with Crippen LogP contribution in [0, 0.1) is 0 Å². The Bertz CT molecular complexity index is 457. The first-order valence-electron chi connectivity index (χ1n) is 4.50. The number of alkyl halides is 3. The van der Waals surface area contributed by atoms with Gasteiger partial charge in [-0.2, -0.15) is 18.3 Å². The summed E-state index contributed by atoms with van der Waals surface area (Å²) in [5, 5.41) is 3.76. The number of rotatable bonds is 4. The number of ether oxygens (including phenoxy) is 1. The Kier molecular flexibility index (Phi) is 5.03. The molecular weight excluding hydrogens is 289 g/mol. The van der Waals surface area contributed by atoms with Crippen molar-refractivity contribution in [1.82, 2.24) is 5.43 Å². The van der Waals surface area contributed by atoms with Gasteiger partial charge in [0.25, 0.3) is 0 Å². The van der Waals surface area contributed by atoms with Gasteiger partial charge in [0, 0.05) is 5.56 Å². The number of hydrazone groups is 1. The predicted molar refractivity (Wildman–Crippen MR) is 64.4 cm³/mol. The van der Waals surface area contributed by atoms with Gasteiger partial charge in [0.15, 0.2) is 5.06 Å². The van der Waals surface area contributed by atoms with Gasteiger partial charge < -0.3 is 4.74 Å². The van der Waals surface area contributed by atoms with Crippen LogP contribution < -0.4 is 10.2 Å². The molecule has 0 atom stereocenters. The summed E-state index contributed by atoms with van der Waals surface area (Å²) < 4.78 is 41.6. The Morgan fingerprint density at radius 2 is 2.28 bits per heavy atom. The van der Waals surface area contributed by atoms with Crippen LogP contribution in [0.5, 0.6) is 5.06 Å². The van der Waals surface area contributed by atoms with Crippen LogP contribution in [-0.2, 0) is 4.79 Å². The van der Waals surface area contributed by atoms with E-state index in [-0.39, 0.29) is 0 Å². The number of amides is 1. The number of thioether (sulfide) groups is 1. The van der Waals surface area contributed by atoms with Crippen LogP contribution in [0.15, 0.2) is 15.4 Å². The van der Waals surface area contributed by atoms with Crippen molar-refractivity contribution in [2.75, 3.05) is 13.4 Å². The zero-order valence-electron chi connectivity index (χ0n) is 9.37. The lowest BCUT2D eigenvalue weighted by Crippen LogP contribution is -2.33. The van der Waals surface area contributed by atoms with Gasteiger partial charge >= 0.3 is 12.1 Å². The summed E-state index contributed by atoms with van der Waals surface area (Å²) in [6.45, 7) is 0. The minimum Gasteiger partial charge on any atom is -0.487 e. The van der Waals surface area contributed by atoms with Crippen LogP contribution in [0.4, 0.5) is 13.2 Å². The largest absolute Gasteiger partial charge is 0.487 e. The van der Waals surface area contributed by atoms with E-state index in [2.05, 4.69) is 5.10 Å². The van der Waals surface area contributed by atoms with E-state index in [9.17, 15) is 18.0 Å². The molecule has 4 nitrogen and oxygen atoms in total. The average molecular weight is 298 g/mol. The highest BCUT2D eigenvalue weighted by atomic mass is 32.2. The Hall–Kier alpha value is -1.22. The van der Waals surface area contributed by atoms with E-state index >= 15 is 0 Å². The SMILES string of the molecule is COc1sc(SC)cc1C=NNC(=O)C(F)(F)F. The molecule has 0 bridgehead atoms. The molecule has 0 aliphatic rings. The maximum atomic E-state index is 11.9. The average Bonchev–Trinajstić information content (AvgIpc) is 2.70. The number of hydrogen-bond acceptors (Lipinski definition) is 5. The Balaban J connectivity index is 2.72. The zero-order valence-corrected chi connectivity index (χ0v) is 11.0. The summed E-state index contributed by atoms with van der Waals surface area (Å²) in [7, 11) is 1.45. The summed E-state index contributed by atoms with van der Waals surface area (Å²) in [5.41, 5.74) is 1.91. The normalized spacial score (nSPS) is 11.8. The summed E-state index contributed by atoms with van der Waals surface area (Å²) in [6.07, 6.45) is -1.98. The topological polar surface area (TPSA) is 50.7 Å². The first-order chi connectivity index (χ1) is 8.38. The quantitative estimate of drug-likeness (QED) is 0.528. The van der Waals surface area contributed by atoms with Crippen molar-refractivity contribution >= 4 is 35.2 Å². The molecule has 1 heterocycles. The number of halogens is 3. The molecule has 0 aliphatic heterocycles. The molecule has 1 amide bonds. The van der Waals surface area contributed by atoms with E-state index in [0.29, 0.717) is 10.6 Å². The van der Waals surface area contributed by atoms with Gasteiger partial charge in [-0.3, -0.25) is 4.79 Å². The maximum absolute atomic E-state index is 11.9. The smallest absolute Gasteiger partial charge is 0.473 e. The highest BCUT2D eigenvalue weighted by molar-refractivity contribution is 8.00. The molecule has 1 aromatic rings. The molecule has 0 radical (unpaired) electrons. The van der Waals surface area contributed by atoms with E-state index in [1.807, 2.05) is 6.26 Å². The van der Waals surface area contributed by atoms with Gasteiger partial charge in [0.2, 0.25) is 0 Å². The summed E-state index contributed by atoms with van der Waals surface area (Å²) in [6, 6.07) is 1.71. The molecule has 0 fully saturated rings. The molecule has 0 spiro atoms. The fourth-order valence-corrected chi connectivity index (χ4v) is 2.43. The van der Waals surface area contributed by atoms with Gasteiger partial charge in [0.05, 0.1) is 17.5 Å². The molecule has 0 aliphatic carbocycles. The van der Waals surface area contributed by atoms with Crippen molar-refractivity contribution in [3.05, 3.63) is 11.6 Å². The predicted octanol–water partition coefficient (Wildman–Crippen LogP) is 2.49.